The second kappa shape index (κ2) is 8.27. The number of nitrogen functional groups attached to an aromatic ring is 1. The Morgan fingerprint density at radius 3 is 2.64 bits per heavy atom. The van der Waals surface area contributed by atoms with Gasteiger partial charge in [0.25, 0.3) is 0 Å². The topological polar surface area (TPSA) is 93.8 Å². The van der Waals surface area contributed by atoms with Crippen molar-refractivity contribution in [2.45, 2.75) is 12.8 Å². The van der Waals surface area contributed by atoms with Gasteiger partial charge in [0.15, 0.2) is 0 Å². The fourth-order valence-electron chi connectivity index (χ4n) is 3.75. The van der Waals surface area contributed by atoms with Gasteiger partial charge in [-0.3, -0.25) is 10.4 Å². The lowest BCUT2D eigenvalue weighted by Gasteiger charge is -2.29. The van der Waals surface area contributed by atoms with Crippen molar-refractivity contribution in [3.8, 4) is 11.1 Å². The number of piperazine rings is 1. The molecule has 0 bridgehead atoms. The van der Waals surface area contributed by atoms with Crippen molar-refractivity contribution in [3.63, 3.8) is 0 Å². The summed E-state index contributed by atoms with van der Waals surface area (Å²) >= 11 is 0. The third kappa shape index (κ3) is 3.92. The summed E-state index contributed by atoms with van der Waals surface area (Å²) in [4.78, 5) is 10.2. The zero-order valence-electron chi connectivity index (χ0n) is 15.9. The van der Waals surface area contributed by atoms with Gasteiger partial charge in [0.2, 0.25) is 0 Å². The molecule has 0 radical (unpaired) electrons. The van der Waals surface area contributed by atoms with Crippen LogP contribution < -0.4 is 16.0 Å². The number of hydrogen-bond donors (Lipinski definition) is 4. The number of nitrogens with two attached hydrogens (primary N) is 1. The number of aryl methyl sites for hydroxylation is 2. The highest BCUT2D eigenvalue weighted by atomic mass is 15.2. The number of benzene rings is 1. The number of hydrogen-bond acceptors (Lipinski definition) is 4. The van der Waals surface area contributed by atoms with Crippen molar-refractivity contribution in [3.05, 3.63) is 71.7 Å². The van der Waals surface area contributed by atoms with Crippen LogP contribution in [-0.4, -0.2) is 42.0 Å². The molecule has 4 rings (SSSR count). The van der Waals surface area contributed by atoms with Crippen LogP contribution in [0.4, 0.5) is 5.82 Å². The lowest BCUT2D eigenvalue weighted by atomic mass is 10.0. The lowest BCUT2D eigenvalue weighted by Crippen LogP contribution is -2.44. The normalized spacial score (nSPS) is 14.2. The van der Waals surface area contributed by atoms with Crippen LogP contribution in [0.1, 0.15) is 16.8 Å². The summed E-state index contributed by atoms with van der Waals surface area (Å²) < 4.78 is 0. The van der Waals surface area contributed by atoms with Gasteiger partial charge in [-0.05, 0) is 36.1 Å². The molecule has 1 saturated heterocycles. The largest absolute Gasteiger partial charge is 0.384 e. The molecule has 0 aliphatic carbocycles. The molecule has 6 nitrogen and oxygen atoms in total. The summed E-state index contributed by atoms with van der Waals surface area (Å²) in [5.74, 6) is 1.03. The van der Waals surface area contributed by atoms with E-state index in [9.17, 15) is 0 Å². The van der Waals surface area contributed by atoms with Crippen LogP contribution in [0.5, 0.6) is 0 Å². The van der Waals surface area contributed by atoms with Gasteiger partial charge in [-0.15, -0.1) is 0 Å². The van der Waals surface area contributed by atoms with Crippen molar-refractivity contribution >= 4 is 11.7 Å². The minimum atomic E-state index is 0.0902. The maximum absolute atomic E-state index is 8.15. The van der Waals surface area contributed by atoms with Crippen LogP contribution in [-0.2, 0) is 12.8 Å². The van der Waals surface area contributed by atoms with Crippen LogP contribution in [0.3, 0.4) is 0 Å². The van der Waals surface area contributed by atoms with E-state index < -0.39 is 0 Å². The number of aromatic amines is 1. The zero-order valence-corrected chi connectivity index (χ0v) is 15.9. The van der Waals surface area contributed by atoms with E-state index in [4.69, 9.17) is 11.1 Å². The predicted octanol–water partition coefficient (Wildman–Crippen LogP) is 2.56. The molecule has 1 aromatic carbocycles. The van der Waals surface area contributed by atoms with E-state index in [0.717, 1.165) is 67.2 Å². The molecule has 3 aromatic rings. The second-order valence-corrected chi connectivity index (χ2v) is 7.10. The molecule has 6 heteroatoms. The number of nitrogens with one attached hydrogen (secondary N) is 3. The van der Waals surface area contributed by atoms with Gasteiger partial charge < -0.3 is 20.9 Å². The molecule has 0 spiro atoms. The van der Waals surface area contributed by atoms with E-state index >= 15 is 0 Å². The molecule has 1 aliphatic heterocycles. The van der Waals surface area contributed by atoms with Crippen molar-refractivity contribution in [1.82, 2.24) is 15.3 Å². The number of aromatic nitrogens is 2. The van der Waals surface area contributed by atoms with E-state index in [1.807, 2.05) is 24.5 Å². The predicted molar refractivity (Wildman–Crippen MR) is 114 cm³/mol. The Labute approximate surface area is 165 Å². The first kappa shape index (κ1) is 18.3. The van der Waals surface area contributed by atoms with Gasteiger partial charge in [0.1, 0.15) is 11.7 Å². The standard InChI is InChI=1S/C22H26N6/c23-21(24)20-19(15-27-22(20)28-12-10-25-11-13-28)17-8-9-26-18(14-17)7-6-16-4-2-1-3-5-16/h1-5,8-9,14-15,25,27H,6-7,10-13H2,(H3,23,24). The minimum Gasteiger partial charge on any atom is -0.384 e. The van der Waals surface area contributed by atoms with E-state index in [1.54, 1.807) is 0 Å². The Morgan fingerprint density at radius 2 is 1.89 bits per heavy atom. The summed E-state index contributed by atoms with van der Waals surface area (Å²) in [7, 11) is 0. The second-order valence-electron chi connectivity index (χ2n) is 7.10. The Balaban J connectivity index is 1.60. The number of anilines is 1. The Kier molecular flexibility index (Phi) is 5.39. The average molecular weight is 374 g/mol. The highest BCUT2D eigenvalue weighted by Gasteiger charge is 2.21. The molecular formula is C22H26N6. The number of H-pyrrole nitrogens is 1. The summed E-state index contributed by atoms with van der Waals surface area (Å²) in [5.41, 5.74) is 11.1. The van der Waals surface area contributed by atoms with E-state index in [0.29, 0.717) is 0 Å². The highest BCUT2D eigenvalue weighted by molar-refractivity contribution is 6.06. The fourth-order valence-corrected chi connectivity index (χ4v) is 3.75. The summed E-state index contributed by atoms with van der Waals surface area (Å²) in [6, 6.07) is 14.6. The Bertz CT molecular complexity index is 941. The fraction of sp³-hybridized carbons (Fsp3) is 0.273. The molecule has 0 atom stereocenters. The maximum atomic E-state index is 8.15. The number of amidine groups is 1. The Hall–Kier alpha value is -3.12. The smallest absolute Gasteiger partial charge is 0.127 e. The van der Waals surface area contributed by atoms with Crippen LogP contribution in [0.2, 0.25) is 0 Å². The van der Waals surface area contributed by atoms with E-state index in [1.165, 1.54) is 5.56 Å². The molecule has 2 aromatic heterocycles. The van der Waals surface area contributed by atoms with E-state index in [2.05, 4.69) is 50.5 Å². The first-order valence-corrected chi connectivity index (χ1v) is 9.73. The van der Waals surface area contributed by atoms with Gasteiger partial charge in [-0.2, -0.15) is 0 Å². The summed E-state index contributed by atoms with van der Waals surface area (Å²) in [5, 5.41) is 11.5. The third-order valence-electron chi connectivity index (χ3n) is 5.20. The van der Waals surface area contributed by atoms with Crippen molar-refractivity contribution in [2.75, 3.05) is 31.1 Å². The number of rotatable bonds is 6. The van der Waals surface area contributed by atoms with Crippen LogP contribution >= 0.6 is 0 Å². The molecule has 3 heterocycles. The van der Waals surface area contributed by atoms with Gasteiger partial charge in [0.05, 0.1) is 5.56 Å². The van der Waals surface area contributed by atoms with Gasteiger partial charge >= 0.3 is 0 Å². The Morgan fingerprint density at radius 1 is 1.11 bits per heavy atom. The minimum absolute atomic E-state index is 0.0902. The third-order valence-corrected chi connectivity index (χ3v) is 5.20. The van der Waals surface area contributed by atoms with Gasteiger partial charge in [-0.1, -0.05) is 30.3 Å². The van der Waals surface area contributed by atoms with Crippen LogP contribution in [0.25, 0.3) is 11.1 Å². The first-order valence-electron chi connectivity index (χ1n) is 9.73. The molecule has 1 aliphatic rings. The molecule has 1 fully saturated rings. The number of nitrogens with zero attached hydrogens (tertiary/aromatic N) is 2. The highest BCUT2D eigenvalue weighted by Crippen LogP contribution is 2.31. The van der Waals surface area contributed by atoms with Crippen LogP contribution in [0.15, 0.2) is 54.9 Å². The summed E-state index contributed by atoms with van der Waals surface area (Å²) in [6.07, 6.45) is 5.64. The number of pyridine rings is 1. The average Bonchev–Trinajstić information content (AvgIpc) is 3.19. The molecule has 5 N–H and O–H groups in total. The molecule has 28 heavy (non-hydrogen) atoms. The van der Waals surface area contributed by atoms with Crippen molar-refractivity contribution in [1.29, 1.82) is 5.41 Å². The van der Waals surface area contributed by atoms with Crippen LogP contribution in [0, 0.1) is 5.41 Å². The monoisotopic (exact) mass is 374 g/mol. The molecular weight excluding hydrogens is 348 g/mol. The van der Waals surface area contributed by atoms with Gasteiger partial charge in [0, 0.05) is 49.8 Å². The molecule has 144 valence electrons. The SMILES string of the molecule is N=C(N)c1c(-c2ccnc(CCc3ccccc3)c2)c[nH]c1N1CCNCC1. The zero-order chi connectivity index (χ0) is 19.3. The summed E-state index contributed by atoms with van der Waals surface area (Å²) in [6.45, 7) is 3.67. The first-order chi connectivity index (χ1) is 13.7. The van der Waals surface area contributed by atoms with Gasteiger partial charge in [-0.25, -0.2) is 0 Å². The van der Waals surface area contributed by atoms with E-state index in [-0.39, 0.29) is 5.84 Å². The maximum Gasteiger partial charge on any atom is 0.127 e. The van der Waals surface area contributed by atoms with Crippen molar-refractivity contribution < 1.29 is 0 Å². The molecule has 0 amide bonds. The lowest BCUT2D eigenvalue weighted by molar-refractivity contribution is 0.585. The quantitative estimate of drug-likeness (QED) is 0.394. The van der Waals surface area contributed by atoms with Crippen molar-refractivity contribution in [2.24, 2.45) is 5.73 Å². The molecule has 0 unspecified atom stereocenters. The molecule has 0 saturated carbocycles.